The molecule has 1 aliphatic heterocycles. The Morgan fingerprint density at radius 2 is 1.49 bits per heavy atom. The maximum absolute atomic E-state index is 13.6. The predicted molar refractivity (Wildman–Crippen MR) is 216 cm³/mol. The van der Waals surface area contributed by atoms with Crippen molar-refractivity contribution in [2.75, 3.05) is 26.5 Å². The summed E-state index contributed by atoms with van der Waals surface area (Å²) < 4.78 is 10.2. The van der Waals surface area contributed by atoms with Crippen LogP contribution in [0.1, 0.15) is 68.2 Å². The highest BCUT2D eigenvalue weighted by atomic mass is 16.5. The number of nitrogens with zero attached hydrogens (tertiary/aromatic N) is 3. The number of aromatic amines is 2. The van der Waals surface area contributed by atoms with Crippen molar-refractivity contribution >= 4 is 23.6 Å². The van der Waals surface area contributed by atoms with Gasteiger partial charge in [0, 0.05) is 31.8 Å². The van der Waals surface area contributed by atoms with Gasteiger partial charge in [0.25, 0.3) is 0 Å². The van der Waals surface area contributed by atoms with Crippen molar-refractivity contribution in [1.82, 2.24) is 35.5 Å². The molecule has 3 fully saturated rings. The first-order valence-corrected chi connectivity index (χ1v) is 19.8. The normalized spacial score (nSPS) is 22.3. The highest BCUT2D eigenvalue weighted by molar-refractivity contribution is 5.87. The Morgan fingerprint density at radius 3 is 2.14 bits per heavy atom. The molecule has 13 heteroatoms. The number of carbonyl (C=O) groups is 3. The Kier molecular flexibility index (Phi) is 10.8. The van der Waals surface area contributed by atoms with Gasteiger partial charge in [-0.15, -0.1) is 0 Å². The summed E-state index contributed by atoms with van der Waals surface area (Å²) in [4.78, 5) is 57.5. The van der Waals surface area contributed by atoms with E-state index in [0.29, 0.717) is 36.4 Å². The molecule has 8 rings (SSSR count). The van der Waals surface area contributed by atoms with Gasteiger partial charge in [-0.1, -0.05) is 60.7 Å². The molecule has 13 nitrogen and oxygen atoms in total. The van der Waals surface area contributed by atoms with Crippen molar-refractivity contribution in [1.29, 1.82) is 0 Å². The minimum Gasteiger partial charge on any atom is -0.453 e. The number of hydrogen-bond acceptors (Lipinski definition) is 8. The fraction of sp³-hybridized carbons (Fsp3) is 0.386. The molecule has 0 radical (unpaired) electrons. The van der Waals surface area contributed by atoms with Gasteiger partial charge in [0.1, 0.15) is 17.7 Å². The number of nitrogens with two attached hydrogens (primary N) is 1. The zero-order valence-corrected chi connectivity index (χ0v) is 32.5. The Bertz CT molecular complexity index is 2220. The predicted octanol–water partition coefficient (Wildman–Crippen LogP) is 6.59. The quantitative estimate of drug-likeness (QED) is 0.0882. The molecule has 296 valence electrons. The van der Waals surface area contributed by atoms with Crippen molar-refractivity contribution in [3.63, 3.8) is 0 Å². The highest BCUT2D eigenvalue weighted by Gasteiger charge is 2.52. The first-order valence-electron chi connectivity index (χ1n) is 19.8. The number of nitrogen functional groups attached to an aromatic ring is 1. The van der Waals surface area contributed by atoms with E-state index in [1.165, 1.54) is 14.2 Å². The summed E-state index contributed by atoms with van der Waals surface area (Å²) in [7, 11) is 2.77. The number of benzene rings is 3. The summed E-state index contributed by atoms with van der Waals surface area (Å²) in [5, 5.41) is 5.82. The number of rotatable bonds is 12. The van der Waals surface area contributed by atoms with Crippen molar-refractivity contribution in [3.8, 4) is 33.6 Å². The Labute approximate surface area is 332 Å². The number of imidazole rings is 2. The van der Waals surface area contributed by atoms with Crippen molar-refractivity contribution in [2.45, 2.75) is 69.7 Å². The lowest BCUT2D eigenvalue weighted by Crippen LogP contribution is -2.54. The molecule has 2 bridgehead atoms. The summed E-state index contributed by atoms with van der Waals surface area (Å²) in [6.45, 7) is 2.76. The summed E-state index contributed by atoms with van der Waals surface area (Å²) in [5.74, 6) is 2.28. The number of aromatic nitrogens is 4. The van der Waals surface area contributed by atoms with Crippen LogP contribution in [-0.4, -0.2) is 75.7 Å². The van der Waals surface area contributed by atoms with Gasteiger partial charge < -0.3 is 40.7 Å². The lowest BCUT2D eigenvalue weighted by Gasteiger charge is -2.30. The van der Waals surface area contributed by atoms with Gasteiger partial charge in [-0.25, -0.2) is 14.8 Å². The molecule has 57 heavy (non-hydrogen) atoms. The van der Waals surface area contributed by atoms with Crippen molar-refractivity contribution in [3.05, 3.63) is 102 Å². The first kappa shape index (κ1) is 37.9. The van der Waals surface area contributed by atoms with Crippen LogP contribution in [0.2, 0.25) is 0 Å². The van der Waals surface area contributed by atoms with Crippen LogP contribution in [0, 0.1) is 17.8 Å². The van der Waals surface area contributed by atoms with E-state index in [0.717, 1.165) is 77.1 Å². The standard InChI is InChI=1S/C44H50N8O5/c1-25(56-2)39(51-44(55)57-3)43(54)52-19-5-8-36(52)40-46-23-34(49-40)29-13-9-27(10-14-29)28-11-15-30(16-12-28)35-24-47-41(50-35)37-31-17-18-32(21-31)38(37)42(53)48-22-26-6-4-7-33(45)20-26/h4,6-7,9-16,20,23-25,31-32,36-39H,5,8,17-19,21-22,45H2,1-3H3,(H,46,49)(H,47,50)(H,48,53)(H,51,55)/t25-,31?,32?,36+,37?,38+,39+/m1/s1. The number of H-pyrrole nitrogens is 2. The number of alkyl carbamates (subject to hydrolysis) is 1. The van der Waals surface area contributed by atoms with Crippen LogP contribution in [0.4, 0.5) is 10.5 Å². The molecular formula is C44H50N8O5. The average Bonchev–Trinajstić information content (AvgIpc) is 4.10. The number of anilines is 1. The third kappa shape index (κ3) is 7.76. The van der Waals surface area contributed by atoms with Gasteiger partial charge in [-0.3, -0.25) is 9.59 Å². The molecule has 1 saturated heterocycles. The van der Waals surface area contributed by atoms with Gasteiger partial charge in [0.15, 0.2) is 0 Å². The molecule has 3 aromatic carbocycles. The lowest BCUT2D eigenvalue weighted by atomic mass is 9.78. The van der Waals surface area contributed by atoms with E-state index in [9.17, 15) is 14.4 Å². The zero-order chi connectivity index (χ0) is 39.6. The minimum atomic E-state index is -0.886. The van der Waals surface area contributed by atoms with Gasteiger partial charge in [-0.2, -0.15) is 0 Å². The number of methoxy groups -OCH3 is 2. The largest absolute Gasteiger partial charge is 0.453 e. The van der Waals surface area contributed by atoms with Crippen LogP contribution in [0.3, 0.4) is 0 Å². The van der Waals surface area contributed by atoms with Gasteiger partial charge in [-0.05, 0) is 90.8 Å². The highest BCUT2D eigenvalue weighted by Crippen LogP contribution is 2.56. The number of ether oxygens (including phenoxy) is 2. The molecule has 7 atom stereocenters. The summed E-state index contributed by atoms with van der Waals surface area (Å²) in [6.07, 6.45) is 7.32. The molecule has 2 saturated carbocycles. The van der Waals surface area contributed by atoms with E-state index < -0.39 is 18.2 Å². The van der Waals surface area contributed by atoms with E-state index >= 15 is 0 Å². The van der Waals surface area contributed by atoms with E-state index in [1.54, 1.807) is 18.0 Å². The lowest BCUT2D eigenvalue weighted by molar-refractivity contribution is -0.137. The fourth-order valence-corrected chi connectivity index (χ4v) is 9.26. The number of likely N-dealkylation sites (tertiary alicyclic amines) is 1. The molecule has 3 aliphatic rings. The van der Waals surface area contributed by atoms with Crippen molar-refractivity contribution in [2.24, 2.45) is 17.8 Å². The molecule has 6 N–H and O–H groups in total. The molecule has 5 aromatic rings. The Balaban J connectivity index is 0.916. The topological polar surface area (TPSA) is 180 Å². The molecule has 2 aliphatic carbocycles. The van der Waals surface area contributed by atoms with E-state index in [2.05, 4.69) is 74.1 Å². The minimum absolute atomic E-state index is 0.0779. The summed E-state index contributed by atoms with van der Waals surface area (Å²) >= 11 is 0. The van der Waals surface area contributed by atoms with Gasteiger partial charge in [0.2, 0.25) is 11.8 Å². The molecule has 2 aromatic heterocycles. The Morgan fingerprint density at radius 1 is 0.860 bits per heavy atom. The number of carbonyl (C=O) groups excluding carboxylic acids is 3. The fourth-order valence-electron chi connectivity index (χ4n) is 9.26. The van der Waals surface area contributed by atoms with Gasteiger partial charge >= 0.3 is 6.09 Å². The molecule has 0 spiro atoms. The van der Waals surface area contributed by atoms with Crippen LogP contribution in [-0.2, 0) is 25.6 Å². The number of nitrogens with one attached hydrogen (secondary N) is 4. The SMILES string of the molecule is COC(=O)N[C@H](C(=O)N1CCC[C@H]1c1ncc(-c2ccc(-c3ccc(-c4cnc(C5C6CCC(C6)[C@@H]5C(=O)NCc5cccc(N)c5)[nH]4)cc3)cc2)[nH]1)[C@@H](C)OC. The van der Waals surface area contributed by atoms with Crippen molar-refractivity contribution < 1.29 is 23.9 Å². The summed E-state index contributed by atoms with van der Waals surface area (Å²) in [6, 6.07) is 23.3. The summed E-state index contributed by atoms with van der Waals surface area (Å²) in [5.41, 5.74) is 13.6. The third-order valence-electron chi connectivity index (χ3n) is 12.3. The second-order valence-electron chi connectivity index (χ2n) is 15.6. The second kappa shape index (κ2) is 16.3. The van der Waals surface area contributed by atoms with Crippen LogP contribution in [0.25, 0.3) is 33.6 Å². The number of amides is 3. The van der Waals surface area contributed by atoms with E-state index in [-0.39, 0.29) is 29.7 Å². The van der Waals surface area contributed by atoms with Crippen LogP contribution in [0.15, 0.2) is 85.2 Å². The molecular weight excluding hydrogens is 721 g/mol. The van der Waals surface area contributed by atoms with Gasteiger partial charge in [0.05, 0.1) is 49.0 Å². The van der Waals surface area contributed by atoms with Crippen LogP contribution in [0.5, 0.6) is 0 Å². The molecule has 3 unspecified atom stereocenters. The zero-order valence-electron chi connectivity index (χ0n) is 32.5. The Hall–Kier alpha value is -5.95. The average molecular weight is 771 g/mol. The second-order valence-corrected chi connectivity index (χ2v) is 15.6. The van der Waals surface area contributed by atoms with E-state index in [1.807, 2.05) is 30.5 Å². The third-order valence-corrected chi connectivity index (χ3v) is 12.3. The van der Waals surface area contributed by atoms with Crippen LogP contribution >= 0.6 is 0 Å². The smallest absolute Gasteiger partial charge is 0.407 e. The molecule has 3 amide bonds. The first-order chi connectivity index (χ1) is 27.7. The molecule has 3 heterocycles. The number of fused-ring (bicyclic) bond motifs is 2. The maximum Gasteiger partial charge on any atom is 0.407 e. The van der Waals surface area contributed by atoms with Crippen LogP contribution < -0.4 is 16.4 Å². The maximum atomic E-state index is 13.6. The number of hydrogen-bond donors (Lipinski definition) is 5. The monoisotopic (exact) mass is 770 g/mol. The van der Waals surface area contributed by atoms with E-state index in [4.69, 9.17) is 20.2 Å².